The first-order valence-corrected chi connectivity index (χ1v) is 15.1. The number of para-hydroxylation sites is 1. The van der Waals surface area contributed by atoms with Crippen molar-refractivity contribution in [2.24, 2.45) is 29.1 Å². The Labute approximate surface area is 258 Å². The Bertz CT molecular complexity index is 1770. The molecule has 2 heterocycles. The molecular weight excluding hydrogens is 587 g/mol. The number of anilines is 2. The molecule has 0 bridgehead atoms. The van der Waals surface area contributed by atoms with Gasteiger partial charge in [-0.2, -0.15) is 0 Å². The van der Waals surface area contributed by atoms with Crippen molar-refractivity contribution in [2.75, 3.05) is 9.80 Å². The van der Waals surface area contributed by atoms with Gasteiger partial charge in [-0.25, -0.2) is 9.80 Å². The second-order valence-corrected chi connectivity index (χ2v) is 13.0. The van der Waals surface area contributed by atoms with Crippen molar-refractivity contribution in [1.82, 2.24) is 0 Å². The summed E-state index contributed by atoms with van der Waals surface area (Å²) >= 11 is 13.1. The maximum Gasteiger partial charge on any atom is 0.241 e. The Morgan fingerprint density at radius 2 is 1.56 bits per heavy atom. The highest BCUT2D eigenvalue weighted by Gasteiger charge is 2.67. The minimum atomic E-state index is -1.21. The Morgan fingerprint density at radius 3 is 2.26 bits per heavy atom. The molecule has 1 saturated carbocycles. The van der Waals surface area contributed by atoms with E-state index in [1.54, 1.807) is 55.5 Å². The van der Waals surface area contributed by atoms with Gasteiger partial charge >= 0.3 is 0 Å². The number of carbonyl (C=O) groups is 4. The number of amides is 4. The fourth-order valence-corrected chi connectivity index (χ4v) is 8.37. The number of allylic oxidation sites excluding steroid dienone is 2. The van der Waals surface area contributed by atoms with Crippen LogP contribution in [-0.4, -0.2) is 28.7 Å². The zero-order valence-electron chi connectivity index (χ0n) is 23.5. The van der Waals surface area contributed by atoms with Crippen molar-refractivity contribution >= 4 is 58.2 Å². The molecule has 4 aliphatic rings. The predicted molar refractivity (Wildman–Crippen MR) is 163 cm³/mol. The third-order valence-electron chi connectivity index (χ3n) is 10.00. The van der Waals surface area contributed by atoms with E-state index in [2.05, 4.69) is 0 Å². The van der Waals surface area contributed by atoms with Gasteiger partial charge in [0, 0.05) is 16.0 Å². The minimum absolute atomic E-state index is 0.0239. The highest BCUT2D eigenvalue weighted by atomic mass is 35.5. The number of imide groups is 2. The topological polar surface area (TPSA) is 95.0 Å². The van der Waals surface area contributed by atoms with Crippen LogP contribution in [-0.2, 0) is 19.2 Å². The predicted octanol–water partition coefficient (Wildman–Crippen LogP) is 6.44. The molecule has 2 aliphatic heterocycles. The quantitative estimate of drug-likeness (QED) is 0.270. The number of hydrogen-bond donors (Lipinski definition) is 1. The van der Waals surface area contributed by atoms with Crippen molar-refractivity contribution in [3.8, 4) is 5.75 Å². The largest absolute Gasteiger partial charge is 0.508 e. The van der Waals surface area contributed by atoms with Gasteiger partial charge in [0.2, 0.25) is 23.6 Å². The van der Waals surface area contributed by atoms with Crippen LogP contribution in [0.15, 0.2) is 78.4 Å². The van der Waals surface area contributed by atoms with Gasteiger partial charge in [-0.15, -0.1) is 0 Å². The zero-order valence-corrected chi connectivity index (χ0v) is 25.0. The van der Waals surface area contributed by atoms with Gasteiger partial charge < -0.3 is 5.11 Å². The van der Waals surface area contributed by atoms with Crippen LogP contribution in [0.2, 0.25) is 10.0 Å². The van der Waals surface area contributed by atoms with E-state index in [9.17, 15) is 24.3 Å². The molecule has 7 nitrogen and oxygen atoms in total. The SMILES string of the molecule is Cc1ccc(N2C(=O)C3CC=C4C(CC5C(=O)N(c6ccccc6)C(=O)C5(C)C4c4ccc(O)cc4Cl)C3C2=O)cc1Cl. The molecule has 3 aromatic rings. The van der Waals surface area contributed by atoms with Crippen LogP contribution in [0.3, 0.4) is 0 Å². The number of carbonyl (C=O) groups excluding carboxylic acids is 4. The summed E-state index contributed by atoms with van der Waals surface area (Å²) in [6.07, 6.45) is 2.53. The lowest BCUT2D eigenvalue weighted by Gasteiger charge is -2.49. The molecule has 2 saturated heterocycles. The number of halogens is 2. The van der Waals surface area contributed by atoms with E-state index in [1.807, 2.05) is 19.1 Å². The summed E-state index contributed by atoms with van der Waals surface area (Å²) in [6.45, 7) is 3.65. The number of benzene rings is 3. The number of hydrogen-bond acceptors (Lipinski definition) is 5. The molecule has 1 N–H and O–H groups in total. The first kappa shape index (κ1) is 27.9. The molecule has 0 radical (unpaired) electrons. The van der Waals surface area contributed by atoms with Gasteiger partial charge in [-0.3, -0.25) is 19.2 Å². The third kappa shape index (κ3) is 3.87. The summed E-state index contributed by atoms with van der Waals surface area (Å²) in [5.74, 6) is -4.51. The van der Waals surface area contributed by atoms with Crippen LogP contribution in [0.1, 0.15) is 36.8 Å². The van der Waals surface area contributed by atoms with Gasteiger partial charge in [0.1, 0.15) is 5.75 Å². The standard InChI is InChI=1S/C34H28Cl2N2O5/c1-17-8-9-19(14-26(17)35)37-30(40)23-13-12-21-24(28(23)32(37)42)16-25-31(41)38(18-6-4-3-5-7-18)33(43)34(25,2)29(21)22-11-10-20(39)15-27(22)36/h3-12,14-15,23-25,28-29,39H,13,16H2,1-2H3. The summed E-state index contributed by atoms with van der Waals surface area (Å²) < 4.78 is 0. The van der Waals surface area contributed by atoms with Crippen LogP contribution >= 0.6 is 23.2 Å². The number of fused-ring (bicyclic) bond motifs is 4. The molecule has 0 spiro atoms. The van der Waals surface area contributed by atoms with Crippen molar-refractivity contribution in [1.29, 1.82) is 0 Å². The second-order valence-electron chi connectivity index (χ2n) is 12.1. The van der Waals surface area contributed by atoms with E-state index in [0.29, 0.717) is 28.4 Å². The molecule has 7 rings (SSSR count). The summed E-state index contributed by atoms with van der Waals surface area (Å²) in [5, 5.41) is 10.9. The Balaban J connectivity index is 1.37. The van der Waals surface area contributed by atoms with E-state index in [1.165, 1.54) is 21.9 Å². The number of phenolic OH excluding ortho intramolecular Hbond substituents is 1. The molecule has 3 fully saturated rings. The number of nitrogens with zero attached hydrogens (tertiary/aromatic N) is 2. The van der Waals surface area contributed by atoms with Crippen LogP contribution in [0.4, 0.5) is 11.4 Å². The van der Waals surface area contributed by atoms with Gasteiger partial charge in [0.25, 0.3) is 0 Å². The van der Waals surface area contributed by atoms with Crippen molar-refractivity contribution in [2.45, 2.75) is 32.6 Å². The van der Waals surface area contributed by atoms with Gasteiger partial charge in [0.05, 0.1) is 34.5 Å². The molecule has 0 aromatic heterocycles. The van der Waals surface area contributed by atoms with Crippen LogP contribution in [0.25, 0.3) is 0 Å². The fourth-order valence-electron chi connectivity index (χ4n) is 7.91. The molecule has 218 valence electrons. The highest BCUT2D eigenvalue weighted by molar-refractivity contribution is 6.32. The fraction of sp³-hybridized carbons (Fsp3) is 0.294. The Hall–Kier alpha value is -3.94. The zero-order chi connectivity index (χ0) is 30.4. The van der Waals surface area contributed by atoms with Gasteiger partial charge in [0.15, 0.2) is 0 Å². The lowest BCUT2D eigenvalue weighted by Crippen LogP contribution is -2.49. The van der Waals surface area contributed by atoms with Crippen molar-refractivity contribution in [3.63, 3.8) is 0 Å². The average Bonchev–Trinajstić information content (AvgIpc) is 3.35. The Morgan fingerprint density at radius 1 is 0.814 bits per heavy atom. The molecule has 4 amide bonds. The van der Waals surface area contributed by atoms with E-state index < -0.39 is 35.0 Å². The van der Waals surface area contributed by atoms with Gasteiger partial charge in [-0.05, 0) is 80.1 Å². The van der Waals surface area contributed by atoms with E-state index >= 15 is 0 Å². The molecule has 9 heteroatoms. The Kier molecular flexibility index (Phi) is 6.35. The first-order chi connectivity index (χ1) is 20.5. The molecule has 43 heavy (non-hydrogen) atoms. The van der Waals surface area contributed by atoms with Crippen LogP contribution in [0, 0.1) is 36.0 Å². The van der Waals surface area contributed by atoms with Crippen LogP contribution < -0.4 is 9.80 Å². The molecular formula is C34H28Cl2N2O5. The van der Waals surface area contributed by atoms with E-state index in [-0.39, 0.29) is 40.8 Å². The molecule has 6 unspecified atom stereocenters. The second kappa shape index (κ2) is 9.79. The monoisotopic (exact) mass is 614 g/mol. The summed E-state index contributed by atoms with van der Waals surface area (Å²) in [7, 11) is 0. The molecule has 6 atom stereocenters. The lowest BCUT2D eigenvalue weighted by atomic mass is 9.51. The summed E-state index contributed by atoms with van der Waals surface area (Å²) in [6, 6.07) is 18.6. The number of rotatable bonds is 3. The molecule has 2 aliphatic carbocycles. The average molecular weight is 616 g/mol. The van der Waals surface area contributed by atoms with Gasteiger partial charge in [-0.1, -0.05) is 65.2 Å². The number of phenols is 1. The smallest absolute Gasteiger partial charge is 0.241 e. The summed E-state index contributed by atoms with van der Waals surface area (Å²) in [5.41, 5.74) is 1.94. The number of aryl methyl sites for hydroxylation is 1. The maximum absolute atomic E-state index is 14.4. The van der Waals surface area contributed by atoms with E-state index in [4.69, 9.17) is 23.2 Å². The van der Waals surface area contributed by atoms with Crippen LogP contribution in [0.5, 0.6) is 5.75 Å². The molecule has 3 aromatic carbocycles. The van der Waals surface area contributed by atoms with E-state index in [0.717, 1.165) is 11.1 Å². The van der Waals surface area contributed by atoms with Crippen molar-refractivity contribution < 1.29 is 24.3 Å². The maximum atomic E-state index is 14.4. The minimum Gasteiger partial charge on any atom is -0.508 e. The lowest BCUT2D eigenvalue weighted by molar-refractivity contribution is -0.131. The summed E-state index contributed by atoms with van der Waals surface area (Å²) in [4.78, 5) is 59.0. The highest BCUT2D eigenvalue weighted by Crippen LogP contribution is 2.64. The normalized spacial score (nSPS) is 29.9. The third-order valence-corrected chi connectivity index (χ3v) is 10.7. The first-order valence-electron chi connectivity index (χ1n) is 14.3. The van der Waals surface area contributed by atoms with Crippen molar-refractivity contribution in [3.05, 3.63) is 99.6 Å². The number of aromatic hydroxyl groups is 1.